The van der Waals surface area contributed by atoms with Gasteiger partial charge in [0, 0.05) is 18.6 Å². The molecule has 1 atom stereocenters. The second kappa shape index (κ2) is 5.72. The molecule has 0 aromatic rings. The molecule has 0 aromatic carbocycles. The molecule has 14 heavy (non-hydrogen) atoms. The summed E-state index contributed by atoms with van der Waals surface area (Å²) in [6, 6.07) is 1.49. The zero-order chi connectivity index (χ0) is 10.6. The second-order valence-corrected chi connectivity index (χ2v) is 4.64. The smallest absolute Gasteiger partial charge is 0.0220 e. The summed E-state index contributed by atoms with van der Waals surface area (Å²) in [7, 11) is 4.37. The van der Waals surface area contributed by atoms with E-state index in [1.165, 1.54) is 32.2 Å². The van der Waals surface area contributed by atoms with E-state index in [0.29, 0.717) is 0 Å². The number of hydrogen-bond donors (Lipinski definition) is 1. The average Bonchev–Trinajstić information content (AvgIpc) is 2.99. The van der Waals surface area contributed by atoms with Gasteiger partial charge in [0.1, 0.15) is 0 Å². The molecule has 0 amide bonds. The summed E-state index contributed by atoms with van der Waals surface area (Å²) < 4.78 is 0. The van der Waals surface area contributed by atoms with Gasteiger partial charge in [0.05, 0.1) is 0 Å². The van der Waals surface area contributed by atoms with Gasteiger partial charge in [0.15, 0.2) is 0 Å². The van der Waals surface area contributed by atoms with Crippen molar-refractivity contribution < 1.29 is 0 Å². The van der Waals surface area contributed by atoms with Crippen LogP contribution in [0.4, 0.5) is 0 Å². The van der Waals surface area contributed by atoms with Crippen molar-refractivity contribution in [3.8, 4) is 0 Å². The fourth-order valence-corrected chi connectivity index (χ4v) is 2.35. The third-order valence-corrected chi connectivity index (χ3v) is 3.61. The number of likely N-dealkylation sites (N-methyl/N-ethyl adjacent to an activating group) is 2. The third-order valence-electron chi connectivity index (χ3n) is 3.61. The van der Waals surface area contributed by atoms with E-state index in [4.69, 9.17) is 0 Å². The molecule has 0 aliphatic heterocycles. The minimum atomic E-state index is 0.723. The summed E-state index contributed by atoms with van der Waals surface area (Å²) in [6.45, 7) is 5.79. The molecule has 1 saturated carbocycles. The number of hydrogen-bond acceptors (Lipinski definition) is 2. The molecule has 1 N–H and O–H groups in total. The summed E-state index contributed by atoms with van der Waals surface area (Å²) >= 11 is 0. The van der Waals surface area contributed by atoms with E-state index in [2.05, 4.69) is 38.2 Å². The number of nitrogens with zero attached hydrogens (tertiary/aromatic N) is 1. The summed E-state index contributed by atoms with van der Waals surface area (Å²) in [5.41, 5.74) is 0. The van der Waals surface area contributed by atoms with Crippen LogP contribution < -0.4 is 5.32 Å². The van der Waals surface area contributed by atoms with E-state index >= 15 is 0 Å². The Morgan fingerprint density at radius 2 is 1.86 bits per heavy atom. The first-order chi connectivity index (χ1) is 6.72. The maximum absolute atomic E-state index is 3.46. The zero-order valence-corrected chi connectivity index (χ0v) is 10.2. The zero-order valence-electron chi connectivity index (χ0n) is 10.2. The Morgan fingerprint density at radius 1 is 1.29 bits per heavy atom. The van der Waals surface area contributed by atoms with E-state index in [-0.39, 0.29) is 0 Å². The van der Waals surface area contributed by atoms with Crippen LogP contribution in [-0.4, -0.2) is 37.6 Å². The van der Waals surface area contributed by atoms with E-state index in [1.807, 2.05) is 0 Å². The molecule has 0 radical (unpaired) electrons. The van der Waals surface area contributed by atoms with Gasteiger partial charge in [-0.1, -0.05) is 13.8 Å². The molecule has 84 valence electrons. The van der Waals surface area contributed by atoms with Crippen LogP contribution in [0.3, 0.4) is 0 Å². The lowest BCUT2D eigenvalue weighted by Crippen LogP contribution is -2.43. The van der Waals surface area contributed by atoms with E-state index < -0.39 is 0 Å². The van der Waals surface area contributed by atoms with Gasteiger partial charge < -0.3 is 10.2 Å². The average molecular weight is 198 g/mol. The lowest BCUT2D eigenvalue weighted by atomic mass is 10.1. The fourth-order valence-electron chi connectivity index (χ4n) is 2.35. The molecule has 1 fully saturated rings. The fraction of sp³-hybridized carbons (Fsp3) is 1.00. The highest BCUT2D eigenvalue weighted by Gasteiger charge is 2.31. The van der Waals surface area contributed by atoms with Crippen LogP contribution in [-0.2, 0) is 0 Å². The molecule has 0 heterocycles. The summed E-state index contributed by atoms with van der Waals surface area (Å²) in [5, 5.41) is 3.46. The highest BCUT2D eigenvalue weighted by molar-refractivity contribution is 4.88. The number of nitrogens with one attached hydrogen (secondary N) is 1. The maximum Gasteiger partial charge on any atom is 0.0220 e. The van der Waals surface area contributed by atoms with Gasteiger partial charge in [-0.15, -0.1) is 0 Å². The van der Waals surface area contributed by atoms with Gasteiger partial charge >= 0.3 is 0 Å². The van der Waals surface area contributed by atoms with Crippen molar-refractivity contribution in [1.29, 1.82) is 0 Å². The van der Waals surface area contributed by atoms with Gasteiger partial charge in [-0.3, -0.25) is 0 Å². The maximum atomic E-state index is 3.46. The third kappa shape index (κ3) is 3.25. The van der Waals surface area contributed by atoms with Gasteiger partial charge in [-0.25, -0.2) is 0 Å². The van der Waals surface area contributed by atoms with Gasteiger partial charge in [-0.05, 0) is 45.7 Å². The van der Waals surface area contributed by atoms with Crippen molar-refractivity contribution in [3.05, 3.63) is 0 Å². The molecule has 0 spiro atoms. The largest absolute Gasteiger partial charge is 0.315 e. The lowest BCUT2D eigenvalue weighted by molar-refractivity contribution is 0.201. The molecule has 1 unspecified atom stereocenters. The van der Waals surface area contributed by atoms with Gasteiger partial charge in [-0.2, -0.15) is 0 Å². The molecule has 1 aliphatic rings. The van der Waals surface area contributed by atoms with Crippen LogP contribution in [0.25, 0.3) is 0 Å². The Balaban J connectivity index is 2.32. The molecule has 0 bridgehead atoms. The summed E-state index contributed by atoms with van der Waals surface area (Å²) in [5.74, 6) is 0.955. The Bertz CT molecular complexity index is 150. The lowest BCUT2D eigenvalue weighted by Gasteiger charge is -2.30. The minimum Gasteiger partial charge on any atom is -0.315 e. The highest BCUT2D eigenvalue weighted by Crippen LogP contribution is 2.32. The molecule has 2 heteroatoms. The van der Waals surface area contributed by atoms with Crippen LogP contribution in [0, 0.1) is 5.92 Å². The van der Waals surface area contributed by atoms with E-state index in [0.717, 1.165) is 18.0 Å². The van der Waals surface area contributed by atoms with E-state index in [1.54, 1.807) is 0 Å². The SMILES string of the molecule is CCC(CC)N(C)CC(NC)C1CC1. The number of rotatable bonds is 7. The first-order valence-electron chi connectivity index (χ1n) is 6.10. The highest BCUT2D eigenvalue weighted by atomic mass is 15.2. The van der Waals surface area contributed by atoms with Crippen LogP contribution >= 0.6 is 0 Å². The molecule has 2 nitrogen and oxygen atoms in total. The monoisotopic (exact) mass is 198 g/mol. The van der Waals surface area contributed by atoms with Crippen molar-refractivity contribution in [2.75, 3.05) is 20.6 Å². The Labute approximate surface area is 89.1 Å². The van der Waals surface area contributed by atoms with Crippen molar-refractivity contribution >= 4 is 0 Å². The van der Waals surface area contributed by atoms with Crippen LogP contribution in [0.1, 0.15) is 39.5 Å². The molecule has 1 rings (SSSR count). The first-order valence-corrected chi connectivity index (χ1v) is 6.10. The van der Waals surface area contributed by atoms with Crippen molar-refractivity contribution in [3.63, 3.8) is 0 Å². The summed E-state index contributed by atoms with van der Waals surface area (Å²) in [6.07, 6.45) is 5.41. The molecule has 0 aromatic heterocycles. The van der Waals surface area contributed by atoms with Crippen LogP contribution in [0.15, 0.2) is 0 Å². The van der Waals surface area contributed by atoms with Gasteiger partial charge in [0.25, 0.3) is 0 Å². The van der Waals surface area contributed by atoms with Crippen LogP contribution in [0.5, 0.6) is 0 Å². The predicted molar refractivity (Wildman–Crippen MR) is 62.6 cm³/mol. The molecular formula is C12H26N2. The molecular weight excluding hydrogens is 172 g/mol. The van der Waals surface area contributed by atoms with Crippen molar-refractivity contribution in [2.45, 2.75) is 51.6 Å². The molecule has 1 aliphatic carbocycles. The quantitative estimate of drug-likeness (QED) is 0.674. The first kappa shape index (κ1) is 12.0. The van der Waals surface area contributed by atoms with Gasteiger partial charge in [0.2, 0.25) is 0 Å². The van der Waals surface area contributed by atoms with Crippen molar-refractivity contribution in [2.24, 2.45) is 5.92 Å². The Kier molecular flexibility index (Phi) is 4.90. The van der Waals surface area contributed by atoms with E-state index in [9.17, 15) is 0 Å². The normalized spacial score (nSPS) is 19.3. The minimum absolute atomic E-state index is 0.723. The Hall–Kier alpha value is -0.0800. The predicted octanol–water partition coefficient (Wildman–Crippen LogP) is 2.10. The second-order valence-electron chi connectivity index (χ2n) is 4.64. The van der Waals surface area contributed by atoms with Crippen LogP contribution in [0.2, 0.25) is 0 Å². The summed E-state index contributed by atoms with van der Waals surface area (Å²) in [4.78, 5) is 2.53. The Morgan fingerprint density at radius 3 is 2.21 bits per heavy atom. The van der Waals surface area contributed by atoms with Crippen molar-refractivity contribution in [1.82, 2.24) is 10.2 Å². The standard InChI is InChI=1S/C12H26N2/c1-5-11(6-2)14(4)9-12(13-3)10-7-8-10/h10-13H,5-9H2,1-4H3. The molecule has 0 saturated heterocycles. The topological polar surface area (TPSA) is 15.3 Å².